The second kappa shape index (κ2) is 8.08. The summed E-state index contributed by atoms with van der Waals surface area (Å²) in [6.45, 7) is 5.20. The molecule has 4 nitrogen and oxygen atoms in total. The van der Waals surface area contributed by atoms with Crippen LogP contribution in [0.1, 0.15) is 6.92 Å². The van der Waals surface area contributed by atoms with Crippen LogP contribution in [0, 0.1) is 0 Å². The Morgan fingerprint density at radius 1 is 0.688 bits per heavy atom. The maximum atomic E-state index is 11.6. The molecule has 0 aliphatic heterocycles. The predicted molar refractivity (Wildman–Crippen MR) is 128 cm³/mol. The normalized spacial score (nSPS) is 10.9. The molecule has 0 bridgehead atoms. The number of para-hydroxylation sites is 2. The van der Waals surface area contributed by atoms with E-state index in [1.807, 2.05) is 12.1 Å². The van der Waals surface area contributed by atoms with Gasteiger partial charge in [-0.2, -0.15) is 0 Å². The topological polar surface area (TPSA) is 40.5 Å². The Kier molecular flexibility index (Phi) is 4.96. The molecule has 0 spiro atoms. The van der Waals surface area contributed by atoms with Crippen LogP contribution in [0.2, 0.25) is 0 Å². The number of nitrogens with zero attached hydrogens (tertiary/aromatic N) is 1. The van der Waals surface area contributed by atoms with Gasteiger partial charge in [0.15, 0.2) is 0 Å². The number of carbonyl (C=O) groups excluding carboxylic acids is 1. The van der Waals surface area contributed by atoms with E-state index < -0.39 is 5.97 Å². The van der Waals surface area contributed by atoms with E-state index in [1.54, 1.807) is 31.2 Å². The van der Waals surface area contributed by atoms with Crippen molar-refractivity contribution in [1.82, 2.24) is 4.57 Å². The van der Waals surface area contributed by atoms with E-state index >= 15 is 0 Å². The maximum absolute atomic E-state index is 11.6. The summed E-state index contributed by atoms with van der Waals surface area (Å²) in [4.78, 5) is 11.6. The fourth-order valence-corrected chi connectivity index (χ4v) is 3.77. The number of benzene rings is 4. The second-order valence-electron chi connectivity index (χ2n) is 7.61. The third kappa shape index (κ3) is 3.63. The molecule has 0 saturated heterocycles. The van der Waals surface area contributed by atoms with E-state index in [0.717, 1.165) is 11.4 Å². The van der Waals surface area contributed by atoms with Gasteiger partial charge in [-0.15, -0.1) is 0 Å². The molecule has 5 rings (SSSR count). The standard InChI is InChI=1S/C28H21NO3/c1-19(2)28(30)32-23-17-15-22(16-18-23)31-21-13-11-20(12-14-21)29-26-9-5-3-7-24(26)25-8-4-6-10-27(25)29/h3-18H,1H2,2H3. The Morgan fingerprint density at radius 2 is 1.16 bits per heavy atom. The van der Waals surface area contributed by atoms with Crippen LogP contribution < -0.4 is 9.47 Å². The molecule has 0 amide bonds. The molecule has 0 aliphatic carbocycles. The van der Waals surface area contributed by atoms with Crippen LogP contribution in [0.4, 0.5) is 0 Å². The van der Waals surface area contributed by atoms with Crippen LogP contribution >= 0.6 is 0 Å². The van der Waals surface area contributed by atoms with Gasteiger partial charge < -0.3 is 14.0 Å². The van der Waals surface area contributed by atoms with E-state index in [-0.39, 0.29) is 0 Å². The van der Waals surface area contributed by atoms with Crippen molar-refractivity contribution in [3.8, 4) is 22.9 Å². The Labute approximate surface area is 185 Å². The minimum absolute atomic E-state index is 0.355. The number of ether oxygens (including phenoxy) is 2. The van der Waals surface area contributed by atoms with Crippen LogP contribution in [0.25, 0.3) is 27.5 Å². The third-order valence-electron chi connectivity index (χ3n) is 5.29. The summed E-state index contributed by atoms with van der Waals surface area (Å²) >= 11 is 0. The first-order valence-electron chi connectivity index (χ1n) is 10.3. The number of carbonyl (C=O) groups is 1. The van der Waals surface area contributed by atoms with Gasteiger partial charge in [-0.3, -0.25) is 0 Å². The summed E-state index contributed by atoms with van der Waals surface area (Å²) in [6, 6.07) is 31.8. The monoisotopic (exact) mass is 419 g/mol. The molecule has 0 fully saturated rings. The molecule has 156 valence electrons. The molecular formula is C28H21NO3. The highest BCUT2D eigenvalue weighted by atomic mass is 16.5. The summed E-state index contributed by atoms with van der Waals surface area (Å²) in [6.07, 6.45) is 0. The van der Waals surface area contributed by atoms with Gasteiger partial charge in [0.25, 0.3) is 0 Å². The van der Waals surface area contributed by atoms with Gasteiger partial charge >= 0.3 is 5.97 Å². The van der Waals surface area contributed by atoms with Crippen LogP contribution in [-0.2, 0) is 4.79 Å². The molecule has 0 aliphatic rings. The average molecular weight is 419 g/mol. The molecule has 0 atom stereocenters. The molecule has 5 aromatic rings. The van der Waals surface area contributed by atoms with Gasteiger partial charge in [0.1, 0.15) is 17.2 Å². The van der Waals surface area contributed by atoms with E-state index in [0.29, 0.717) is 17.1 Å². The fraction of sp³-hybridized carbons (Fsp3) is 0.0357. The molecule has 0 saturated carbocycles. The summed E-state index contributed by atoms with van der Waals surface area (Å²) in [5.41, 5.74) is 3.76. The van der Waals surface area contributed by atoms with Gasteiger partial charge in [0, 0.05) is 22.0 Å². The lowest BCUT2D eigenvalue weighted by Gasteiger charge is -2.10. The largest absolute Gasteiger partial charge is 0.457 e. The summed E-state index contributed by atoms with van der Waals surface area (Å²) < 4.78 is 13.4. The zero-order valence-corrected chi connectivity index (χ0v) is 17.6. The summed E-state index contributed by atoms with van der Waals surface area (Å²) in [5.74, 6) is 1.39. The van der Waals surface area contributed by atoms with Crippen LogP contribution in [0.15, 0.2) is 109 Å². The first-order valence-corrected chi connectivity index (χ1v) is 10.3. The molecule has 4 aromatic carbocycles. The van der Waals surface area contributed by atoms with Crippen molar-refractivity contribution in [1.29, 1.82) is 0 Å². The van der Waals surface area contributed by atoms with Crippen molar-refractivity contribution in [3.05, 3.63) is 109 Å². The lowest BCUT2D eigenvalue weighted by atomic mass is 10.2. The Hall–Kier alpha value is -4.31. The van der Waals surface area contributed by atoms with Crippen molar-refractivity contribution in [2.75, 3.05) is 0 Å². The average Bonchev–Trinajstić information content (AvgIpc) is 3.15. The third-order valence-corrected chi connectivity index (χ3v) is 5.29. The molecule has 1 aromatic heterocycles. The van der Waals surface area contributed by atoms with Gasteiger partial charge in [-0.1, -0.05) is 43.0 Å². The number of aromatic nitrogens is 1. The van der Waals surface area contributed by atoms with E-state index in [2.05, 4.69) is 71.8 Å². The highest BCUT2D eigenvalue weighted by molar-refractivity contribution is 6.09. The minimum Gasteiger partial charge on any atom is -0.457 e. The molecule has 0 N–H and O–H groups in total. The second-order valence-corrected chi connectivity index (χ2v) is 7.61. The SMILES string of the molecule is C=C(C)C(=O)Oc1ccc(Oc2ccc(-n3c4ccccc4c4ccccc43)cc2)cc1. The number of esters is 1. The van der Waals surface area contributed by atoms with Gasteiger partial charge in [-0.05, 0) is 67.6 Å². The minimum atomic E-state index is -0.445. The van der Waals surface area contributed by atoms with Crippen molar-refractivity contribution in [2.24, 2.45) is 0 Å². The Balaban J connectivity index is 1.41. The first kappa shape index (κ1) is 19.6. The molecular weight excluding hydrogens is 398 g/mol. The molecule has 4 heteroatoms. The first-order chi connectivity index (χ1) is 15.6. The molecule has 1 heterocycles. The van der Waals surface area contributed by atoms with Crippen LogP contribution in [0.5, 0.6) is 17.2 Å². The fourth-order valence-electron chi connectivity index (χ4n) is 3.77. The highest BCUT2D eigenvalue weighted by Crippen LogP contribution is 2.32. The smallest absolute Gasteiger partial charge is 0.338 e. The zero-order chi connectivity index (χ0) is 22.1. The Bertz CT molecular complexity index is 1390. The summed E-state index contributed by atoms with van der Waals surface area (Å²) in [5, 5.41) is 2.46. The predicted octanol–water partition coefficient (Wildman–Crippen LogP) is 7.06. The highest BCUT2D eigenvalue weighted by Gasteiger charge is 2.11. The Morgan fingerprint density at radius 3 is 1.69 bits per heavy atom. The maximum Gasteiger partial charge on any atom is 0.338 e. The van der Waals surface area contributed by atoms with Crippen molar-refractivity contribution in [3.63, 3.8) is 0 Å². The van der Waals surface area contributed by atoms with Gasteiger partial charge in [0.2, 0.25) is 0 Å². The number of rotatable bonds is 5. The van der Waals surface area contributed by atoms with Crippen LogP contribution in [0.3, 0.4) is 0 Å². The zero-order valence-electron chi connectivity index (χ0n) is 17.6. The van der Waals surface area contributed by atoms with E-state index in [9.17, 15) is 4.79 Å². The van der Waals surface area contributed by atoms with Gasteiger partial charge in [0.05, 0.1) is 11.0 Å². The van der Waals surface area contributed by atoms with Crippen molar-refractivity contribution in [2.45, 2.75) is 6.92 Å². The van der Waals surface area contributed by atoms with E-state index in [1.165, 1.54) is 21.8 Å². The molecule has 0 radical (unpaired) electrons. The number of hydrogen-bond donors (Lipinski definition) is 0. The molecule has 0 unspecified atom stereocenters. The number of fused-ring (bicyclic) bond motifs is 3. The lowest BCUT2D eigenvalue weighted by molar-refractivity contribution is -0.130. The van der Waals surface area contributed by atoms with Crippen molar-refractivity contribution < 1.29 is 14.3 Å². The lowest BCUT2D eigenvalue weighted by Crippen LogP contribution is -2.07. The van der Waals surface area contributed by atoms with Crippen LogP contribution in [-0.4, -0.2) is 10.5 Å². The quantitative estimate of drug-likeness (QED) is 0.174. The van der Waals surface area contributed by atoms with E-state index in [4.69, 9.17) is 9.47 Å². The van der Waals surface area contributed by atoms with Crippen molar-refractivity contribution >= 4 is 27.8 Å². The summed E-state index contributed by atoms with van der Waals surface area (Å²) in [7, 11) is 0. The van der Waals surface area contributed by atoms with Gasteiger partial charge in [-0.25, -0.2) is 4.79 Å². The number of hydrogen-bond acceptors (Lipinski definition) is 3. The molecule has 32 heavy (non-hydrogen) atoms.